The first-order valence-corrected chi connectivity index (χ1v) is 8.22. The van der Waals surface area contributed by atoms with E-state index in [9.17, 15) is 14.0 Å². The number of likely N-dealkylation sites (N-methyl/N-ethyl adjacent to an activating group) is 1. The van der Waals surface area contributed by atoms with Crippen LogP contribution in [0.2, 0.25) is 0 Å². The first-order valence-electron chi connectivity index (χ1n) is 8.22. The summed E-state index contributed by atoms with van der Waals surface area (Å²) in [4.78, 5) is 25.2. The SMILES string of the molecule is COc1cccc(NC(=O)C[NH+](C)[C@@H](C)C(=O)Nc2ccccc2F)c1. The minimum absolute atomic E-state index is 0.0864. The second kappa shape index (κ2) is 8.96. The second-order valence-electron chi connectivity index (χ2n) is 5.99. The molecule has 26 heavy (non-hydrogen) atoms. The van der Waals surface area contributed by atoms with E-state index in [0.717, 1.165) is 0 Å². The minimum Gasteiger partial charge on any atom is -0.497 e. The number of benzene rings is 2. The van der Waals surface area contributed by atoms with Crippen LogP contribution in [0.4, 0.5) is 15.8 Å². The number of hydrogen-bond acceptors (Lipinski definition) is 3. The molecule has 0 radical (unpaired) electrons. The van der Waals surface area contributed by atoms with Crippen molar-refractivity contribution in [2.45, 2.75) is 13.0 Å². The molecule has 0 bridgehead atoms. The quantitative estimate of drug-likeness (QED) is 0.697. The van der Waals surface area contributed by atoms with Gasteiger partial charge >= 0.3 is 0 Å². The third-order valence-corrected chi connectivity index (χ3v) is 4.06. The Labute approximate surface area is 152 Å². The fourth-order valence-corrected chi connectivity index (χ4v) is 2.34. The van der Waals surface area contributed by atoms with Crippen LogP contribution in [0.25, 0.3) is 0 Å². The summed E-state index contributed by atoms with van der Waals surface area (Å²) in [7, 11) is 3.28. The van der Waals surface area contributed by atoms with Gasteiger partial charge in [-0.25, -0.2) is 4.39 Å². The van der Waals surface area contributed by atoms with Crippen molar-refractivity contribution in [1.29, 1.82) is 0 Å². The van der Waals surface area contributed by atoms with E-state index in [4.69, 9.17) is 4.74 Å². The molecule has 2 amide bonds. The summed E-state index contributed by atoms with van der Waals surface area (Å²) < 4.78 is 18.7. The van der Waals surface area contributed by atoms with Crippen LogP contribution in [0, 0.1) is 5.82 Å². The van der Waals surface area contributed by atoms with Crippen LogP contribution in [-0.4, -0.2) is 38.6 Å². The van der Waals surface area contributed by atoms with E-state index in [1.807, 2.05) is 0 Å². The number of hydrogen-bond donors (Lipinski definition) is 3. The van der Waals surface area contributed by atoms with E-state index in [1.165, 1.54) is 12.1 Å². The van der Waals surface area contributed by atoms with Crippen LogP contribution in [0.3, 0.4) is 0 Å². The van der Waals surface area contributed by atoms with Gasteiger partial charge in [-0.15, -0.1) is 0 Å². The van der Waals surface area contributed by atoms with Gasteiger partial charge in [0.25, 0.3) is 11.8 Å². The molecule has 1 unspecified atom stereocenters. The van der Waals surface area contributed by atoms with Crippen molar-refractivity contribution in [1.82, 2.24) is 0 Å². The molecule has 0 fully saturated rings. The molecule has 0 saturated heterocycles. The predicted octanol–water partition coefficient (Wildman–Crippen LogP) is 1.31. The van der Waals surface area contributed by atoms with Gasteiger partial charge in [0, 0.05) is 11.8 Å². The highest BCUT2D eigenvalue weighted by Gasteiger charge is 2.24. The minimum atomic E-state index is -0.536. The lowest BCUT2D eigenvalue weighted by atomic mass is 10.2. The number of methoxy groups -OCH3 is 1. The Kier molecular flexibility index (Phi) is 6.68. The van der Waals surface area contributed by atoms with Gasteiger partial charge < -0.3 is 20.3 Å². The number of para-hydroxylation sites is 1. The molecular weight excluding hydrogens is 337 g/mol. The molecule has 0 aliphatic heterocycles. The summed E-state index contributed by atoms with van der Waals surface area (Å²) in [5.74, 6) is -0.453. The fraction of sp³-hybridized carbons (Fsp3) is 0.263. The van der Waals surface area contributed by atoms with Crippen LogP contribution in [0.5, 0.6) is 5.75 Å². The standard InChI is InChI=1S/C19H22FN3O3/c1-13(19(25)22-17-10-5-4-9-16(17)20)23(2)12-18(24)21-14-7-6-8-15(11-14)26-3/h4-11,13H,12H2,1-3H3,(H,21,24)(H,22,25)/p+1/t13-/m0/s1. The molecule has 2 atom stereocenters. The maximum atomic E-state index is 13.6. The number of rotatable bonds is 7. The van der Waals surface area contributed by atoms with E-state index >= 15 is 0 Å². The van der Waals surface area contributed by atoms with Crippen molar-refractivity contribution in [3.63, 3.8) is 0 Å². The fourth-order valence-electron chi connectivity index (χ4n) is 2.34. The Bertz CT molecular complexity index is 782. The Balaban J connectivity index is 1.90. The highest BCUT2D eigenvalue weighted by atomic mass is 19.1. The number of halogens is 1. The molecule has 2 aromatic carbocycles. The number of carbonyl (C=O) groups is 2. The molecule has 7 heteroatoms. The zero-order chi connectivity index (χ0) is 19.1. The van der Waals surface area contributed by atoms with Gasteiger partial charge in [-0.2, -0.15) is 0 Å². The molecule has 6 nitrogen and oxygen atoms in total. The van der Waals surface area contributed by atoms with E-state index in [0.29, 0.717) is 16.3 Å². The van der Waals surface area contributed by atoms with Crippen molar-refractivity contribution in [2.75, 3.05) is 31.3 Å². The molecule has 0 heterocycles. The molecule has 138 valence electrons. The van der Waals surface area contributed by atoms with Crippen LogP contribution < -0.4 is 20.3 Å². The normalized spacial score (nSPS) is 12.8. The van der Waals surface area contributed by atoms with Crippen molar-refractivity contribution >= 4 is 23.2 Å². The van der Waals surface area contributed by atoms with E-state index in [1.54, 1.807) is 57.5 Å². The van der Waals surface area contributed by atoms with E-state index in [2.05, 4.69) is 10.6 Å². The third-order valence-electron chi connectivity index (χ3n) is 4.06. The molecule has 3 N–H and O–H groups in total. The van der Waals surface area contributed by atoms with Crippen LogP contribution >= 0.6 is 0 Å². The molecule has 0 aliphatic rings. The molecule has 2 rings (SSSR count). The Morgan fingerprint density at radius 1 is 1.15 bits per heavy atom. The number of nitrogens with one attached hydrogen (secondary N) is 3. The summed E-state index contributed by atoms with van der Waals surface area (Å²) >= 11 is 0. The highest BCUT2D eigenvalue weighted by molar-refractivity contribution is 5.94. The topological polar surface area (TPSA) is 71.9 Å². The molecule has 0 spiro atoms. The van der Waals surface area contributed by atoms with Crippen molar-refractivity contribution in [2.24, 2.45) is 0 Å². The molecular formula is C19H23FN3O3+. The lowest BCUT2D eigenvalue weighted by molar-refractivity contribution is -0.885. The summed E-state index contributed by atoms with van der Waals surface area (Å²) in [6.07, 6.45) is 0. The van der Waals surface area contributed by atoms with Gasteiger partial charge in [-0.1, -0.05) is 18.2 Å². The molecule has 2 aromatic rings. The Hall–Kier alpha value is -2.93. The molecule has 0 saturated carbocycles. The summed E-state index contributed by atoms with van der Waals surface area (Å²) in [6, 6.07) is 12.4. The lowest BCUT2D eigenvalue weighted by Crippen LogP contribution is -3.14. The largest absolute Gasteiger partial charge is 0.497 e. The average Bonchev–Trinajstić information content (AvgIpc) is 2.62. The van der Waals surface area contributed by atoms with Crippen molar-refractivity contribution in [3.05, 3.63) is 54.3 Å². The highest BCUT2D eigenvalue weighted by Crippen LogP contribution is 2.16. The van der Waals surface area contributed by atoms with Gasteiger partial charge in [0.2, 0.25) is 0 Å². The summed E-state index contributed by atoms with van der Waals surface area (Å²) in [5.41, 5.74) is 0.739. The Morgan fingerprint density at radius 2 is 1.88 bits per heavy atom. The number of ether oxygens (including phenoxy) is 1. The molecule has 0 aromatic heterocycles. The summed E-state index contributed by atoms with van der Waals surface area (Å²) in [5, 5.41) is 5.31. The maximum Gasteiger partial charge on any atom is 0.282 e. The van der Waals surface area contributed by atoms with Gasteiger partial charge in [-0.05, 0) is 31.2 Å². The van der Waals surface area contributed by atoms with Crippen molar-refractivity contribution < 1.29 is 23.6 Å². The van der Waals surface area contributed by atoms with E-state index in [-0.39, 0.29) is 24.0 Å². The van der Waals surface area contributed by atoms with Gasteiger partial charge in [0.1, 0.15) is 11.6 Å². The number of anilines is 2. The zero-order valence-corrected chi connectivity index (χ0v) is 15.0. The van der Waals surface area contributed by atoms with E-state index < -0.39 is 11.9 Å². The number of quaternary nitrogens is 1. The maximum absolute atomic E-state index is 13.6. The molecule has 0 aliphatic carbocycles. The smallest absolute Gasteiger partial charge is 0.282 e. The monoisotopic (exact) mass is 360 g/mol. The summed E-state index contributed by atoms with van der Waals surface area (Å²) in [6.45, 7) is 1.77. The number of carbonyl (C=O) groups excluding carboxylic acids is 2. The average molecular weight is 360 g/mol. The van der Waals surface area contributed by atoms with Gasteiger partial charge in [-0.3, -0.25) is 9.59 Å². The first kappa shape index (κ1) is 19.4. The van der Waals surface area contributed by atoms with Gasteiger partial charge in [0.05, 0.1) is 19.8 Å². The lowest BCUT2D eigenvalue weighted by Gasteiger charge is -2.20. The second-order valence-corrected chi connectivity index (χ2v) is 5.99. The van der Waals surface area contributed by atoms with Crippen molar-refractivity contribution in [3.8, 4) is 5.75 Å². The zero-order valence-electron chi connectivity index (χ0n) is 15.0. The first-order chi connectivity index (χ1) is 12.4. The van der Waals surface area contributed by atoms with Crippen LogP contribution in [0.15, 0.2) is 48.5 Å². The Morgan fingerprint density at radius 3 is 2.58 bits per heavy atom. The number of amides is 2. The third kappa shape index (κ3) is 5.29. The van der Waals surface area contributed by atoms with Crippen LogP contribution in [0.1, 0.15) is 6.92 Å². The van der Waals surface area contributed by atoms with Gasteiger partial charge in [0.15, 0.2) is 12.6 Å². The predicted molar refractivity (Wildman–Crippen MR) is 97.9 cm³/mol. The van der Waals surface area contributed by atoms with Crippen LogP contribution in [-0.2, 0) is 9.59 Å².